The SMILES string of the molecule is CC(O)C[C@@H](O)[C@@H](S)CC1NN2NN3C(N)=NC(O)=C2C13. The molecule has 3 heterocycles. The molecule has 0 spiro atoms. The summed E-state index contributed by atoms with van der Waals surface area (Å²) in [5.74, 6) is 0.0736. The highest BCUT2D eigenvalue weighted by Gasteiger charge is 2.53. The Bertz CT molecular complexity index is 498. The van der Waals surface area contributed by atoms with Crippen LogP contribution in [0.3, 0.4) is 0 Å². The van der Waals surface area contributed by atoms with E-state index in [4.69, 9.17) is 5.73 Å². The molecule has 3 unspecified atom stereocenters. The number of nitrogens with one attached hydrogen (secondary N) is 2. The molecule has 0 aromatic rings. The molecule has 2 fully saturated rings. The first-order chi connectivity index (χ1) is 9.88. The van der Waals surface area contributed by atoms with Crippen molar-refractivity contribution >= 4 is 18.6 Å². The number of aliphatic hydroxyl groups is 3. The lowest BCUT2D eigenvalue weighted by molar-refractivity contribution is 0.0457. The zero-order valence-electron chi connectivity index (χ0n) is 11.5. The maximum absolute atomic E-state index is 10.0. The van der Waals surface area contributed by atoms with Gasteiger partial charge in [0.2, 0.25) is 11.8 Å². The maximum Gasteiger partial charge on any atom is 0.239 e. The maximum atomic E-state index is 10.0. The average molecular weight is 316 g/mol. The molecule has 0 saturated carbocycles. The molecule has 10 heteroatoms. The van der Waals surface area contributed by atoms with E-state index in [-0.39, 0.29) is 35.6 Å². The molecule has 0 aromatic carbocycles. The quantitative estimate of drug-likeness (QED) is 0.295. The standard InChI is InChI=1S/C11H20N6O3S/c1-4(18)2-6(19)7(21)3-5-8-9-10(20)13-11(12)16(8)15-17(9)14-5/h4-8,14-15,18-21H,2-3H2,1H3,(H2,12,13)/t4?,5?,6-,7+,8?/m1/s1. The van der Waals surface area contributed by atoms with Crippen LogP contribution in [0, 0.1) is 0 Å². The molecule has 2 saturated heterocycles. The van der Waals surface area contributed by atoms with Gasteiger partial charge in [-0.25, -0.2) is 15.6 Å². The molecule has 0 amide bonds. The van der Waals surface area contributed by atoms with Crippen molar-refractivity contribution < 1.29 is 15.3 Å². The van der Waals surface area contributed by atoms with Crippen molar-refractivity contribution in [3.63, 3.8) is 0 Å². The number of aliphatic imine (C=N–C) groups is 1. The molecule has 7 N–H and O–H groups in total. The number of aliphatic hydroxyl groups excluding tert-OH is 3. The van der Waals surface area contributed by atoms with Gasteiger partial charge in [-0.1, -0.05) is 0 Å². The van der Waals surface area contributed by atoms with Gasteiger partial charge < -0.3 is 21.1 Å². The molecular formula is C11H20N6O3S. The third-order valence-electron chi connectivity index (χ3n) is 3.90. The first-order valence-corrected chi connectivity index (χ1v) is 7.33. The predicted octanol–water partition coefficient (Wildman–Crippen LogP) is -1.85. The van der Waals surface area contributed by atoms with E-state index in [0.717, 1.165) is 0 Å². The largest absolute Gasteiger partial charge is 0.492 e. The summed E-state index contributed by atoms with van der Waals surface area (Å²) >= 11 is 4.42. The summed E-state index contributed by atoms with van der Waals surface area (Å²) < 4.78 is 0. The fourth-order valence-electron chi connectivity index (χ4n) is 2.93. The van der Waals surface area contributed by atoms with Crippen molar-refractivity contribution in [2.75, 3.05) is 0 Å². The van der Waals surface area contributed by atoms with Gasteiger partial charge in [0.05, 0.1) is 18.2 Å². The first-order valence-electron chi connectivity index (χ1n) is 6.81. The average Bonchev–Trinajstić information content (AvgIpc) is 2.88. The van der Waals surface area contributed by atoms with E-state index in [1.807, 2.05) is 0 Å². The van der Waals surface area contributed by atoms with E-state index in [9.17, 15) is 15.3 Å². The molecule has 5 atom stereocenters. The highest BCUT2D eigenvalue weighted by Crippen LogP contribution is 2.35. The van der Waals surface area contributed by atoms with Crippen molar-refractivity contribution in [3.8, 4) is 0 Å². The molecule has 4 bridgehead atoms. The van der Waals surface area contributed by atoms with Crippen LogP contribution in [0.4, 0.5) is 0 Å². The lowest BCUT2D eigenvalue weighted by Crippen LogP contribution is -2.63. The van der Waals surface area contributed by atoms with Crippen LogP contribution in [0.2, 0.25) is 0 Å². The van der Waals surface area contributed by atoms with Gasteiger partial charge >= 0.3 is 0 Å². The van der Waals surface area contributed by atoms with Crippen molar-refractivity contribution in [3.05, 3.63) is 11.6 Å². The topological polar surface area (TPSA) is 130 Å². The number of hydrogen-bond donors (Lipinski definition) is 7. The van der Waals surface area contributed by atoms with Gasteiger partial charge in [-0.05, 0) is 13.3 Å². The Balaban J connectivity index is 1.69. The van der Waals surface area contributed by atoms with Crippen LogP contribution in [0.1, 0.15) is 19.8 Å². The van der Waals surface area contributed by atoms with Crippen molar-refractivity contribution in [2.45, 2.75) is 49.3 Å². The first kappa shape index (κ1) is 14.7. The molecular weight excluding hydrogens is 296 g/mol. The van der Waals surface area contributed by atoms with Crippen LogP contribution in [0.15, 0.2) is 16.6 Å². The molecule has 3 aliphatic heterocycles. The second kappa shape index (κ2) is 5.21. The Morgan fingerprint density at radius 2 is 2.19 bits per heavy atom. The van der Waals surface area contributed by atoms with Gasteiger partial charge in [0.15, 0.2) is 0 Å². The summed E-state index contributed by atoms with van der Waals surface area (Å²) in [6.45, 7) is 1.63. The van der Waals surface area contributed by atoms with Crippen LogP contribution >= 0.6 is 12.6 Å². The fraction of sp³-hybridized carbons (Fsp3) is 0.727. The lowest BCUT2D eigenvalue weighted by atomic mass is 9.97. The molecule has 9 nitrogen and oxygen atoms in total. The lowest BCUT2D eigenvalue weighted by Gasteiger charge is -2.35. The fourth-order valence-corrected chi connectivity index (χ4v) is 3.28. The number of rotatable bonds is 5. The van der Waals surface area contributed by atoms with E-state index >= 15 is 0 Å². The van der Waals surface area contributed by atoms with Crippen LogP contribution in [0.5, 0.6) is 0 Å². The van der Waals surface area contributed by atoms with Gasteiger partial charge in [0.25, 0.3) is 0 Å². The molecule has 3 rings (SSSR count). The van der Waals surface area contributed by atoms with Crippen molar-refractivity contribution in [1.82, 2.24) is 21.1 Å². The second-order valence-corrected chi connectivity index (χ2v) is 6.28. The summed E-state index contributed by atoms with van der Waals surface area (Å²) in [4.78, 5) is 3.85. The monoisotopic (exact) mass is 316 g/mol. The van der Waals surface area contributed by atoms with Crippen LogP contribution < -0.4 is 16.7 Å². The molecule has 0 radical (unpaired) electrons. The second-order valence-electron chi connectivity index (χ2n) is 5.62. The zero-order valence-corrected chi connectivity index (χ0v) is 12.4. The van der Waals surface area contributed by atoms with Gasteiger partial charge in [0.1, 0.15) is 11.7 Å². The summed E-state index contributed by atoms with van der Waals surface area (Å²) in [5.41, 5.74) is 12.5. The Morgan fingerprint density at radius 3 is 2.86 bits per heavy atom. The minimum Gasteiger partial charge on any atom is -0.492 e. The normalized spacial score (nSPS) is 31.5. The third-order valence-corrected chi connectivity index (χ3v) is 4.46. The predicted molar refractivity (Wildman–Crippen MR) is 78.5 cm³/mol. The number of nitrogens with zero attached hydrogens (tertiary/aromatic N) is 3. The van der Waals surface area contributed by atoms with E-state index in [2.05, 4.69) is 28.6 Å². The van der Waals surface area contributed by atoms with Crippen LogP contribution in [0.25, 0.3) is 0 Å². The third kappa shape index (κ3) is 2.42. The highest BCUT2D eigenvalue weighted by molar-refractivity contribution is 7.81. The van der Waals surface area contributed by atoms with Crippen LogP contribution in [-0.2, 0) is 0 Å². The number of thiol groups is 1. The van der Waals surface area contributed by atoms with E-state index in [1.54, 1.807) is 17.1 Å². The van der Waals surface area contributed by atoms with Crippen LogP contribution in [-0.4, -0.2) is 60.9 Å². The van der Waals surface area contributed by atoms with Gasteiger partial charge in [0, 0.05) is 11.7 Å². The molecule has 0 aliphatic carbocycles. The Morgan fingerprint density at radius 1 is 1.48 bits per heavy atom. The molecule has 3 aliphatic rings. The Kier molecular flexibility index (Phi) is 3.66. The summed E-state index contributed by atoms with van der Waals surface area (Å²) in [7, 11) is 0. The summed E-state index contributed by atoms with van der Waals surface area (Å²) in [5, 5.41) is 32.2. The van der Waals surface area contributed by atoms with E-state index < -0.39 is 12.2 Å². The summed E-state index contributed by atoms with van der Waals surface area (Å²) in [6, 6.07) is -0.278. The Labute approximate surface area is 127 Å². The number of hydrogen-bond acceptors (Lipinski definition) is 10. The zero-order chi connectivity index (χ0) is 15.3. The van der Waals surface area contributed by atoms with E-state index in [0.29, 0.717) is 12.1 Å². The smallest absolute Gasteiger partial charge is 0.239 e. The molecule has 21 heavy (non-hydrogen) atoms. The number of hydrazine groups is 3. The molecule has 0 aromatic heterocycles. The summed E-state index contributed by atoms with van der Waals surface area (Å²) in [6.07, 6.45) is -0.471. The minimum atomic E-state index is -0.708. The number of guanidine groups is 1. The van der Waals surface area contributed by atoms with E-state index in [1.165, 1.54) is 0 Å². The highest BCUT2D eigenvalue weighted by atomic mass is 32.1. The van der Waals surface area contributed by atoms with Gasteiger partial charge in [-0.15, -0.1) is 5.53 Å². The minimum absolute atomic E-state index is 0.0800. The van der Waals surface area contributed by atoms with Crippen molar-refractivity contribution in [2.24, 2.45) is 10.7 Å². The van der Waals surface area contributed by atoms with Gasteiger partial charge in [-0.3, -0.25) is 0 Å². The molecule has 118 valence electrons. The Hall–Kier alpha value is -1.20. The van der Waals surface area contributed by atoms with Gasteiger partial charge in [-0.2, -0.15) is 17.6 Å². The van der Waals surface area contributed by atoms with Crippen molar-refractivity contribution in [1.29, 1.82) is 0 Å². The number of nitrogens with two attached hydrogens (primary N) is 1.